The highest BCUT2D eigenvalue weighted by Gasteiger charge is 2.23. The largest absolute Gasteiger partial charge is 0.462 e. The number of thiol groups is 1. The second-order valence-electron chi connectivity index (χ2n) is 3.07. The zero-order valence-corrected chi connectivity index (χ0v) is 9.57. The third-order valence-corrected chi connectivity index (χ3v) is 2.22. The molecule has 0 fully saturated rings. The summed E-state index contributed by atoms with van der Waals surface area (Å²) >= 11 is 3.94. The van der Waals surface area contributed by atoms with Gasteiger partial charge in [-0.15, -0.1) is 12.6 Å². The SMILES string of the molecule is CCCOC(=O)c1cccc(S)c1[N+](=O)[O-]. The highest BCUT2D eigenvalue weighted by Crippen LogP contribution is 2.27. The summed E-state index contributed by atoms with van der Waals surface area (Å²) in [7, 11) is 0. The summed E-state index contributed by atoms with van der Waals surface area (Å²) < 4.78 is 4.85. The maximum atomic E-state index is 11.5. The topological polar surface area (TPSA) is 69.4 Å². The van der Waals surface area contributed by atoms with Crippen LogP contribution in [0.15, 0.2) is 23.1 Å². The lowest BCUT2D eigenvalue weighted by molar-refractivity contribution is -0.388. The number of nitrogens with zero attached hydrogens (tertiary/aromatic N) is 1. The summed E-state index contributed by atoms with van der Waals surface area (Å²) in [4.78, 5) is 21.8. The highest BCUT2D eigenvalue weighted by molar-refractivity contribution is 7.80. The van der Waals surface area contributed by atoms with Crippen molar-refractivity contribution in [1.82, 2.24) is 0 Å². The molecule has 6 heteroatoms. The Balaban J connectivity index is 3.08. The first-order valence-electron chi connectivity index (χ1n) is 4.71. The molecule has 16 heavy (non-hydrogen) atoms. The Morgan fingerprint density at radius 3 is 2.81 bits per heavy atom. The number of nitro benzene ring substituents is 1. The number of para-hydroxylation sites is 1. The van der Waals surface area contributed by atoms with Gasteiger partial charge in [-0.3, -0.25) is 10.1 Å². The van der Waals surface area contributed by atoms with Crippen molar-refractivity contribution in [2.24, 2.45) is 0 Å². The fourth-order valence-corrected chi connectivity index (χ4v) is 1.45. The van der Waals surface area contributed by atoms with Crippen molar-refractivity contribution < 1.29 is 14.5 Å². The Morgan fingerprint density at radius 2 is 2.25 bits per heavy atom. The number of carbonyl (C=O) groups is 1. The van der Waals surface area contributed by atoms with E-state index in [1.165, 1.54) is 18.2 Å². The molecule has 0 aliphatic rings. The van der Waals surface area contributed by atoms with Gasteiger partial charge in [0.2, 0.25) is 0 Å². The van der Waals surface area contributed by atoms with Gasteiger partial charge in [-0.2, -0.15) is 0 Å². The molecule has 0 radical (unpaired) electrons. The van der Waals surface area contributed by atoms with Gasteiger partial charge in [0.05, 0.1) is 16.4 Å². The van der Waals surface area contributed by atoms with Gasteiger partial charge in [0, 0.05) is 0 Å². The number of rotatable bonds is 4. The van der Waals surface area contributed by atoms with E-state index in [2.05, 4.69) is 12.6 Å². The molecule has 0 N–H and O–H groups in total. The smallest absolute Gasteiger partial charge is 0.345 e. The standard InChI is InChI=1S/C10H11NO4S/c1-2-6-15-10(12)7-4-3-5-8(16)9(7)11(13)14/h3-5,16H,2,6H2,1H3. The van der Waals surface area contributed by atoms with Gasteiger partial charge in [-0.1, -0.05) is 13.0 Å². The molecular weight excluding hydrogens is 230 g/mol. The molecule has 0 atom stereocenters. The van der Waals surface area contributed by atoms with Crippen LogP contribution in [0, 0.1) is 10.1 Å². The summed E-state index contributed by atoms with van der Waals surface area (Å²) in [5.74, 6) is -0.690. The van der Waals surface area contributed by atoms with Gasteiger partial charge < -0.3 is 4.74 Å². The average molecular weight is 241 g/mol. The lowest BCUT2D eigenvalue weighted by atomic mass is 10.2. The van der Waals surface area contributed by atoms with Crippen molar-refractivity contribution in [2.45, 2.75) is 18.2 Å². The number of nitro groups is 1. The van der Waals surface area contributed by atoms with Gasteiger partial charge in [-0.25, -0.2) is 4.79 Å². The lowest BCUT2D eigenvalue weighted by Gasteiger charge is -2.04. The van der Waals surface area contributed by atoms with E-state index in [4.69, 9.17) is 4.74 Å². The fraction of sp³-hybridized carbons (Fsp3) is 0.300. The van der Waals surface area contributed by atoms with Crippen molar-refractivity contribution in [3.05, 3.63) is 33.9 Å². The first-order valence-corrected chi connectivity index (χ1v) is 5.16. The Labute approximate surface area is 98.0 Å². The summed E-state index contributed by atoms with van der Waals surface area (Å²) in [6.07, 6.45) is 0.667. The third kappa shape index (κ3) is 2.73. The van der Waals surface area contributed by atoms with E-state index in [9.17, 15) is 14.9 Å². The number of hydrogen-bond acceptors (Lipinski definition) is 5. The molecule has 0 spiro atoms. The van der Waals surface area contributed by atoms with E-state index in [1.54, 1.807) is 0 Å². The van der Waals surface area contributed by atoms with Crippen molar-refractivity contribution in [3.63, 3.8) is 0 Å². The Morgan fingerprint density at radius 1 is 1.56 bits per heavy atom. The van der Waals surface area contributed by atoms with Crippen molar-refractivity contribution in [1.29, 1.82) is 0 Å². The maximum absolute atomic E-state index is 11.5. The van der Waals surface area contributed by atoms with Crippen molar-refractivity contribution in [3.8, 4) is 0 Å². The predicted octanol–water partition coefficient (Wildman–Crippen LogP) is 2.45. The summed E-state index contributed by atoms with van der Waals surface area (Å²) in [6, 6.07) is 4.34. The second kappa shape index (κ2) is 5.50. The zero-order valence-electron chi connectivity index (χ0n) is 8.67. The molecule has 0 aromatic heterocycles. The quantitative estimate of drug-likeness (QED) is 0.380. The van der Waals surface area contributed by atoms with E-state index < -0.39 is 10.9 Å². The van der Waals surface area contributed by atoms with Crippen LogP contribution in [0.4, 0.5) is 5.69 Å². The second-order valence-corrected chi connectivity index (χ2v) is 3.55. The molecule has 86 valence electrons. The minimum atomic E-state index is -0.690. The van der Waals surface area contributed by atoms with E-state index >= 15 is 0 Å². The Bertz CT molecular complexity index is 419. The average Bonchev–Trinajstić information content (AvgIpc) is 2.24. The van der Waals surface area contributed by atoms with E-state index in [0.717, 1.165) is 0 Å². The van der Waals surface area contributed by atoms with E-state index in [0.29, 0.717) is 6.42 Å². The molecule has 0 aliphatic heterocycles. The molecule has 0 amide bonds. The minimum Gasteiger partial charge on any atom is -0.462 e. The molecular formula is C10H11NO4S. The normalized spacial score (nSPS) is 9.88. The molecule has 5 nitrogen and oxygen atoms in total. The maximum Gasteiger partial charge on any atom is 0.345 e. The monoisotopic (exact) mass is 241 g/mol. The van der Waals surface area contributed by atoms with Crippen LogP contribution in [-0.4, -0.2) is 17.5 Å². The first-order chi connectivity index (χ1) is 7.57. The molecule has 0 bridgehead atoms. The number of benzene rings is 1. The Kier molecular flexibility index (Phi) is 4.30. The zero-order chi connectivity index (χ0) is 12.1. The van der Waals surface area contributed by atoms with Crippen LogP contribution in [0.5, 0.6) is 0 Å². The van der Waals surface area contributed by atoms with E-state index in [1.807, 2.05) is 6.92 Å². The van der Waals surface area contributed by atoms with Crippen LogP contribution in [-0.2, 0) is 4.74 Å². The van der Waals surface area contributed by atoms with Crippen LogP contribution in [0.25, 0.3) is 0 Å². The lowest BCUT2D eigenvalue weighted by Crippen LogP contribution is -2.09. The van der Waals surface area contributed by atoms with Gasteiger partial charge in [0.25, 0.3) is 5.69 Å². The van der Waals surface area contributed by atoms with Gasteiger partial charge >= 0.3 is 5.97 Å². The number of hydrogen-bond donors (Lipinski definition) is 1. The van der Waals surface area contributed by atoms with Gasteiger partial charge in [0.15, 0.2) is 0 Å². The third-order valence-electron chi connectivity index (χ3n) is 1.85. The molecule has 0 unspecified atom stereocenters. The first kappa shape index (κ1) is 12.5. The number of carbonyl (C=O) groups excluding carboxylic acids is 1. The van der Waals surface area contributed by atoms with Crippen LogP contribution in [0.2, 0.25) is 0 Å². The predicted molar refractivity (Wildman–Crippen MR) is 60.9 cm³/mol. The molecule has 0 saturated carbocycles. The molecule has 0 aliphatic carbocycles. The molecule has 0 heterocycles. The fourth-order valence-electron chi connectivity index (χ4n) is 1.16. The van der Waals surface area contributed by atoms with E-state index in [-0.39, 0.29) is 22.8 Å². The van der Waals surface area contributed by atoms with Crippen LogP contribution in [0.3, 0.4) is 0 Å². The molecule has 0 saturated heterocycles. The molecule has 1 aromatic rings. The van der Waals surface area contributed by atoms with Gasteiger partial charge in [-0.05, 0) is 18.6 Å². The van der Waals surface area contributed by atoms with Crippen LogP contribution in [0.1, 0.15) is 23.7 Å². The number of ether oxygens (including phenoxy) is 1. The van der Waals surface area contributed by atoms with Gasteiger partial charge in [0.1, 0.15) is 5.56 Å². The summed E-state index contributed by atoms with van der Waals surface area (Å²) in [5, 5.41) is 10.8. The molecule has 1 rings (SSSR count). The van der Waals surface area contributed by atoms with Crippen LogP contribution < -0.4 is 0 Å². The van der Waals surface area contributed by atoms with Crippen molar-refractivity contribution in [2.75, 3.05) is 6.61 Å². The summed E-state index contributed by atoms with van der Waals surface area (Å²) in [6.45, 7) is 2.09. The molecule has 1 aromatic carbocycles. The Hall–Kier alpha value is -1.56. The summed E-state index contributed by atoms with van der Waals surface area (Å²) in [5.41, 5.74) is -0.377. The van der Waals surface area contributed by atoms with Crippen molar-refractivity contribution >= 4 is 24.3 Å². The van der Waals surface area contributed by atoms with Crippen LogP contribution >= 0.6 is 12.6 Å². The highest BCUT2D eigenvalue weighted by atomic mass is 32.1. The number of esters is 1. The minimum absolute atomic E-state index is 0.0639.